The monoisotopic (exact) mass is 376 g/mol. The molecule has 2 amide bonds. The zero-order chi connectivity index (χ0) is 18.9. The summed E-state index contributed by atoms with van der Waals surface area (Å²) >= 11 is 0. The van der Waals surface area contributed by atoms with Gasteiger partial charge in [-0.15, -0.1) is 10.2 Å². The van der Waals surface area contributed by atoms with E-state index in [9.17, 15) is 4.79 Å². The Morgan fingerprint density at radius 2 is 1.64 bits per heavy atom. The summed E-state index contributed by atoms with van der Waals surface area (Å²) in [7, 11) is 0. The van der Waals surface area contributed by atoms with Gasteiger partial charge in [0.1, 0.15) is 11.4 Å². The van der Waals surface area contributed by atoms with Crippen molar-refractivity contribution in [3.05, 3.63) is 41.2 Å². The third kappa shape index (κ3) is 3.15. The summed E-state index contributed by atoms with van der Waals surface area (Å²) in [4.78, 5) is 21.1. The Bertz CT molecular complexity index is 926. The number of nitrogens with one attached hydrogen (secondary N) is 2. The molecule has 2 aromatic heterocycles. The molecule has 7 heteroatoms. The van der Waals surface area contributed by atoms with Crippen LogP contribution < -0.4 is 10.6 Å². The standard InChI is InChI=1S/C21H24N6O/c28-21-24-15-9-7-13-14(8-10-16(15)25-21)20(18-6-2-4-12-23-18)27-26-19(13)17-5-1-3-11-22-17/h1,3,5,11,15-16H,2,4,6-10,12H2,(H2,24,25,28). The third-order valence-electron chi connectivity index (χ3n) is 6.02. The minimum Gasteiger partial charge on any atom is -0.333 e. The first kappa shape index (κ1) is 17.3. The van der Waals surface area contributed by atoms with Crippen LogP contribution in [-0.2, 0) is 12.8 Å². The quantitative estimate of drug-likeness (QED) is 0.842. The maximum Gasteiger partial charge on any atom is 0.315 e. The smallest absolute Gasteiger partial charge is 0.315 e. The summed E-state index contributed by atoms with van der Waals surface area (Å²) in [6, 6.07) is 6.17. The highest BCUT2D eigenvalue weighted by molar-refractivity contribution is 6.01. The van der Waals surface area contributed by atoms with E-state index in [0.717, 1.165) is 74.3 Å². The van der Waals surface area contributed by atoms with Gasteiger partial charge < -0.3 is 10.6 Å². The summed E-state index contributed by atoms with van der Waals surface area (Å²) in [5.41, 5.74) is 6.24. The van der Waals surface area contributed by atoms with Crippen molar-refractivity contribution in [1.29, 1.82) is 0 Å². The molecule has 1 saturated heterocycles. The summed E-state index contributed by atoms with van der Waals surface area (Å²) in [6.45, 7) is 0.873. The zero-order valence-electron chi connectivity index (χ0n) is 15.8. The van der Waals surface area contributed by atoms with Crippen molar-refractivity contribution in [2.45, 2.75) is 57.0 Å². The fraction of sp³-hybridized carbons (Fsp3) is 0.476. The number of aliphatic imine (C=N–C) groups is 1. The van der Waals surface area contributed by atoms with Gasteiger partial charge in [-0.25, -0.2) is 4.79 Å². The molecule has 144 valence electrons. The number of amides is 2. The van der Waals surface area contributed by atoms with Crippen LogP contribution >= 0.6 is 0 Å². The molecule has 1 aliphatic carbocycles. The van der Waals surface area contributed by atoms with E-state index in [4.69, 9.17) is 4.99 Å². The number of hydrogen-bond donors (Lipinski definition) is 2. The Balaban J connectivity index is 1.61. The van der Waals surface area contributed by atoms with E-state index in [1.54, 1.807) is 6.20 Å². The predicted molar refractivity (Wildman–Crippen MR) is 106 cm³/mol. The van der Waals surface area contributed by atoms with Gasteiger partial charge in [0.05, 0.1) is 23.5 Å². The average molecular weight is 376 g/mol. The maximum absolute atomic E-state index is 11.8. The van der Waals surface area contributed by atoms with E-state index in [1.807, 2.05) is 18.2 Å². The van der Waals surface area contributed by atoms with Crippen molar-refractivity contribution < 1.29 is 4.79 Å². The minimum absolute atomic E-state index is 0.0564. The molecule has 4 heterocycles. The second kappa shape index (κ2) is 7.30. The van der Waals surface area contributed by atoms with Crippen LogP contribution in [0.3, 0.4) is 0 Å². The second-order valence-electron chi connectivity index (χ2n) is 7.76. The molecule has 2 atom stereocenters. The van der Waals surface area contributed by atoms with Crippen LogP contribution in [0.2, 0.25) is 0 Å². The van der Waals surface area contributed by atoms with Crippen molar-refractivity contribution in [3.8, 4) is 11.4 Å². The number of hydrogen-bond acceptors (Lipinski definition) is 5. The average Bonchev–Trinajstić information content (AvgIpc) is 3.08. The van der Waals surface area contributed by atoms with Crippen LogP contribution in [0.15, 0.2) is 29.4 Å². The van der Waals surface area contributed by atoms with Crippen LogP contribution in [0, 0.1) is 0 Å². The van der Waals surface area contributed by atoms with E-state index in [2.05, 4.69) is 25.8 Å². The summed E-state index contributed by atoms with van der Waals surface area (Å²) in [5.74, 6) is 0. The maximum atomic E-state index is 11.8. The van der Waals surface area contributed by atoms with E-state index < -0.39 is 0 Å². The lowest BCUT2D eigenvalue weighted by Crippen LogP contribution is -2.36. The van der Waals surface area contributed by atoms with Gasteiger partial charge in [-0.2, -0.15) is 0 Å². The largest absolute Gasteiger partial charge is 0.333 e. The molecule has 3 aliphatic rings. The molecular weight excluding hydrogens is 352 g/mol. The molecule has 0 spiro atoms. The lowest BCUT2D eigenvalue weighted by atomic mass is 9.85. The number of carbonyl (C=O) groups is 1. The molecule has 0 aromatic carbocycles. The number of pyridine rings is 1. The second-order valence-corrected chi connectivity index (χ2v) is 7.76. The fourth-order valence-corrected chi connectivity index (χ4v) is 4.60. The molecule has 2 aromatic rings. The fourth-order valence-electron chi connectivity index (χ4n) is 4.60. The van der Waals surface area contributed by atoms with Crippen molar-refractivity contribution >= 4 is 11.7 Å². The van der Waals surface area contributed by atoms with Gasteiger partial charge in [-0.1, -0.05) is 6.07 Å². The van der Waals surface area contributed by atoms with Gasteiger partial charge in [0, 0.05) is 12.7 Å². The molecular formula is C21H24N6O. The number of rotatable bonds is 2. The van der Waals surface area contributed by atoms with E-state index in [0.29, 0.717) is 0 Å². The van der Waals surface area contributed by atoms with Crippen molar-refractivity contribution in [3.63, 3.8) is 0 Å². The zero-order valence-corrected chi connectivity index (χ0v) is 15.8. The van der Waals surface area contributed by atoms with E-state index in [-0.39, 0.29) is 18.1 Å². The normalized spacial score (nSPS) is 24.1. The Morgan fingerprint density at radius 3 is 2.32 bits per heavy atom. The topological polar surface area (TPSA) is 92.2 Å². The number of nitrogens with zero attached hydrogens (tertiary/aromatic N) is 4. The predicted octanol–water partition coefficient (Wildman–Crippen LogP) is 2.44. The van der Waals surface area contributed by atoms with Gasteiger partial charge in [0.2, 0.25) is 0 Å². The van der Waals surface area contributed by atoms with Crippen molar-refractivity contribution in [2.75, 3.05) is 6.54 Å². The van der Waals surface area contributed by atoms with Crippen molar-refractivity contribution in [1.82, 2.24) is 25.8 Å². The van der Waals surface area contributed by atoms with Crippen LogP contribution in [0.4, 0.5) is 4.79 Å². The van der Waals surface area contributed by atoms with Gasteiger partial charge in [-0.05, 0) is 68.2 Å². The molecule has 0 saturated carbocycles. The molecule has 2 aliphatic heterocycles. The van der Waals surface area contributed by atoms with Crippen molar-refractivity contribution in [2.24, 2.45) is 4.99 Å². The molecule has 28 heavy (non-hydrogen) atoms. The molecule has 5 rings (SSSR count). The van der Waals surface area contributed by atoms with Gasteiger partial charge in [0.15, 0.2) is 0 Å². The molecule has 0 bridgehead atoms. The van der Waals surface area contributed by atoms with Gasteiger partial charge in [-0.3, -0.25) is 9.98 Å². The SMILES string of the molecule is O=C1NC2CCc3c(C4=NCCCC4)nnc(-c4ccccn4)c3CCC2N1. The van der Waals surface area contributed by atoms with Crippen LogP contribution in [-0.4, -0.2) is 45.6 Å². The first-order valence-corrected chi connectivity index (χ1v) is 10.2. The lowest BCUT2D eigenvalue weighted by molar-refractivity contribution is 0.246. The molecule has 1 fully saturated rings. The molecule has 0 radical (unpaired) electrons. The van der Waals surface area contributed by atoms with Gasteiger partial charge in [0.25, 0.3) is 0 Å². The summed E-state index contributed by atoms with van der Waals surface area (Å²) in [5, 5.41) is 15.4. The number of aromatic nitrogens is 3. The molecule has 2 N–H and O–H groups in total. The molecule has 2 unspecified atom stereocenters. The molecule has 7 nitrogen and oxygen atoms in total. The summed E-state index contributed by atoms with van der Waals surface area (Å²) in [6.07, 6.45) is 8.55. The highest BCUT2D eigenvalue weighted by Crippen LogP contribution is 2.31. The number of fused-ring (bicyclic) bond motifs is 2. The number of carbonyl (C=O) groups excluding carboxylic acids is 1. The van der Waals surface area contributed by atoms with Crippen LogP contribution in [0.5, 0.6) is 0 Å². The highest BCUT2D eigenvalue weighted by atomic mass is 16.2. The first-order chi connectivity index (χ1) is 13.8. The number of urea groups is 1. The Hall–Kier alpha value is -2.83. The lowest BCUT2D eigenvalue weighted by Gasteiger charge is -2.26. The van der Waals surface area contributed by atoms with E-state index >= 15 is 0 Å². The Kier molecular flexibility index (Phi) is 4.50. The van der Waals surface area contributed by atoms with Crippen LogP contribution in [0.25, 0.3) is 11.4 Å². The van der Waals surface area contributed by atoms with E-state index in [1.165, 1.54) is 11.1 Å². The van der Waals surface area contributed by atoms with Crippen LogP contribution in [0.1, 0.15) is 48.9 Å². The first-order valence-electron chi connectivity index (χ1n) is 10.2. The highest BCUT2D eigenvalue weighted by Gasteiger charge is 2.34. The van der Waals surface area contributed by atoms with Gasteiger partial charge >= 0.3 is 6.03 Å². The third-order valence-corrected chi connectivity index (χ3v) is 6.02. The Labute approximate surface area is 164 Å². The minimum atomic E-state index is -0.0564. The Morgan fingerprint density at radius 1 is 0.893 bits per heavy atom. The summed E-state index contributed by atoms with van der Waals surface area (Å²) < 4.78 is 0.